The van der Waals surface area contributed by atoms with E-state index in [2.05, 4.69) is 15.5 Å². The number of carbonyl (C=O) groups is 1. The molecule has 33 heavy (non-hydrogen) atoms. The van der Waals surface area contributed by atoms with Gasteiger partial charge in [0.05, 0.1) is 17.9 Å². The highest BCUT2D eigenvalue weighted by atomic mass is 35.5. The Labute approximate surface area is 209 Å². The molecule has 0 saturated heterocycles. The molecule has 4 rings (SSSR count). The average Bonchev–Trinajstić information content (AvgIpc) is 3.23. The van der Waals surface area contributed by atoms with Gasteiger partial charge in [-0.25, -0.2) is 0 Å². The zero-order valence-electron chi connectivity index (χ0n) is 17.3. The number of anilines is 1. The van der Waals surface area contributed by atoms with E-state index >= 15 is 0 Å². The second-order valence-corrected chi connectivity index (χ2v) is 9.03. The lowest BCUT2D eigenvalue weighted by Gasteiger charge is -2.11. The Morgan fingerprint density at radius 2 is 1.64 bits per heavy atom. The molecule has 168 valence electrons. The Kier molecular flexibility index (Phi) is 7.45. The molecule has 0 aliphatic rings. The van der Waals surface area contributed by atoms with Crippen LogP contribution in [0.4, 0.5) is 5.69 Å². The second-order valence-electron chi connectivity index (χ2n) is 6.81. The molecule has 0 unspecified atom stereocenters. The molecule has 0 fully saturated rings. The van der Waals surface area contributed by atoms with Crippen molar-refractivity contribution >= 4 is 58.2 Å². The maximum Gasteiger partial charge on any atom is 0.234 e. The van der Waals surface area contributed by atoms with E-state index in [0.29, 0.717) is 37.5 Å². The van der Waals surface area contributed by atoms with Gasteiger partial charge in [-0.05, 0) is 66.7 Å². The summed E-state index contributed by atoms with van der Waals surface area (Å²) in [5.41, 5.74) is 2.23. The lowest BCUT2D eigenvalue weighted by atomic mass is 10.2. The highest BCUT2D eigenvalue weighted by molar-refractivity contribution is 7.99. The molecule has 1 aromatic heterocycles. The molecule has 0 aliphatic heterocycles. The van der Waals surface area contributed by atoms with Crippen LogP contribution in [0, 0.1) is 0 Å². The smallest absolute Gasteiger partial charge is 0.234 e. The standard InChI is InChI=1S/C23H17Cl3N4O2S/c1-32-20-11-8-17(12-19(20)26)27-21(31)13-33-23-29-28-22(14-2-4-15(24)5-3-14)30(23)18-9-6-16(25)7-10-18/h2-12H,13H2,1H3,(H,27,31). The summed E-state index contributed by atoms with van der Waals surface area (Å²) < 4.78 is 7.01. The zero-order chi connectivity index (χ0) is 23.4. The van der Waals surface area contributed by atoms with E-state index in [-0.39, 0.29) is 11.7 Å². The van der Waals surface area contributed by atoms with Crippen LogP contribution in [0.5, 0.6) is 5.75 Å². The summed E-state index contributed by atoms with van der Waals surface area (Å²) in [4.78, 5) is 12.6. The van der Waals surface area contributed by atoms with Gasteiger partial charge in [-0.3, -0.25) is 9.36 Å². The van der Waals surface area contributed by atoms with Gasteiger partial charge < -0.3 is 10.1 Å². The Morgan fingerprint density at radius 1 is 0.970 bits per heavy atom. The van der Waals surface area contributed by atoms with Gasteiger partial charge in [-0.15, -0.1) is 10.2 Å². The van der Waals surface area contributed by atoms with Crippen LogP contribution in [0.25, 0.3) is 17.1 Å². The Bertz CT molecular complexity index is 1280. The molecular formula is C23H17Cl3N4O2S. The van der Waals surface area contributed by atoms with Crippen molar-refractivity contribution in [2.75, 3.05) is 18.2 Å². The molecular weight excluding hydrogens is 503 g/mol. The molecule has 3 aromatic carbocycles. The Balaban J connectivity index is 1.57. The van der Waals surface area contributed by atoms with Crippen molar-refractivity contribution < 1.29 is 9.53 Å². The molecule has 0 bridgehead atoms. The van der Waals surface area contributed by atoms with Crippen LogP contribution >= 0.6 is 46.6 Å². The van der Waals surface area contributed by atoms with Crippen LogP contribution in [0.15, 0.2) is 71.9 Å². The van der Waals surface area contributed by atoms with Crippen molar-refractivity contribution in [1.29, 1.82) is 0 Å². The van der Waals surface area contributed by atoms with E-state index in [1.54, 1.807) is 42.5 Å². The number of ether oxygens (including phenoxy) is 1. The number of halogens is 3. The molecule has 4 aromatic rings. The van der Waals surface area contributed by atoms with Crippen molar-refractivity contribution in [3.05, 3.63) is 81.8 Å². The van der Waals surface area contributed by atoms with Crippen molar-refractivity contribution in [3.8, 4) is 22.8 Å². The number of aromatic nitrogens is 3. The molecule has 1 N–H and O–H groups in total. The van der Waals surface area contributed by atoms with Gasteiger partial charge in [0.25, 0.3) is 0 Å². The molecule has 1 heterocycles. The van der Waals surface area contributed by atoms with Gasteiger partial charge in [0.2, 0.25) is 5.91 Å². The minimum Gasteiger partial charge on any atom is -0.495 e. The number of hydrogen-bond acceptors (Lipinski definition) is 5. The first kappa shape index (κ1) is 23.4. The molecule has 0 saturated carbocycles. The summed E-state index contributed by atoms with van der Waals surface area (Å²) in [6, 6.07) is 19.7. The van der Waals surface area contributed by atoms with Crippen molar-refractivity contribution in [3.63, 3.8) is 0 Å². The third kappa shape index (κ3) is 5.62. The van der Waals surface area contributed by atoms with E-state index in [4.69, 9.17) is 39.5 Å². The van der Waals surface area contributed by atoms with Crippen LogP contribution in [0.1, 0.15) is 0 Å². The SMILES string of the molecule is COc1ccc(NC(=O)CSc2nnc(-c3ccc(Cl)cc3)n2-c2ccc(Cl)cc2)cc1Cl. The lowest BCUT2D eigenvalue weighted by molar-refractivity contribution is -0.113. The number of thioether (sulfide) groups is 1. The van der Waals surface area contributed by atoms with Crippen LogP contribution < -0.4 is 10.1 Å². The van der Waals surface area contributed by atoms with E-state index < -0.39 is 0 Å². The maximum absolute atomic E-state index is 12.6. The second kappa shape index (κ2) is 10.5. The average molecular weight is 520 g/mol. The predicted octanol–water partition coefficient (Wildman–Crippen LogP) is 6.63. The molecule has 0 aliphatic carbocycles. The predicted molar refractivity (Wildman–Crippen MR) is 134 cm³/mol. The fraction of sp³-hybridized carbons (Fsp3) is 0.0870. The number of benzene rings is 3. The maximum atomic E-state index is 12.6. The molecule has 1 amide bonds. The fourth-order valence-electron chi connectivity index (χ4n) is 3.04. The summed E-state index contributed by atoms with van der Waals surface area (Å²) >= 11 is 19.5. The molecule has 0 atom stereocenters. The Hall–Kier alpha value is -2.71. The number of amides is 1. The van der Waals surface area contributed by atoms with E-state index in [0.717, 1.165) is 11.3 Å². The van der Waals surface area contributed by atoms with Crippen LogP contribution in [-0.4, -0.2) is 33.5 Å². The summed E-state index contributed by atoms with van der Waals surface area (Å²) in [7, 11) is 1.53. The van der Waals surface area contributed by atoms with E-state index in [9.17, 15) is 4.79 Å². The highest BCUT2D eigenvalue weighted by Crippen LogP contribution is 2.30. The number of nitrogens with one attached hydrogen (secondary N) is 1. The highest BCUT2D eigenvalue weighted by Gasteiger charge is 2.18. The van der Waals surface area contributed by atoms with Crippen molar-refractivity contribution in [1.82, 2.24) is 14.8 Å². The van der Waals surface area contributed by atoms with E-state index in [1.165, 1.54) is 18.9 Å². The monoisotopic (exact) mass is 518 g/mol. The minimum atomic E-state index is -0.208. The number of hydrogen-bond donors (Lipinski definition) is 1. The first-order valence-electron chi connectivity index (χ1n) is 9.68. The van der Waals surface area contributed by atoms with Gasteiger partial charge in [-0.1, -0.05) is 46.6 Å². The third-order valence-corrected chi connectivity index (χ3v) is 6.32. The summed E-state index contributed by atoms with van der Waals surface area (Å²) in [5.74, 6) is 1.07. The fourth-order valence-corrected chi connectivity index (χ4v) is 4.31. The van der Waals surface area contributed by atoms with Gasteiger partial charge in [0, 0.05) is 27.0 Å². The summed E-state index contributed by atoms with van der Waals surface area (Å²) in [6.45, 7) is 0. The number of methoxy groups -OCH3 is 1. The third-order valence-electron chi connectivity index (χ3n) is 4.59. The van der Waals surface area contributed by atoms with Gasteiger partial charge in [0.15, 0.2) is 11.0 Å². The van der Waals surface area contributed by atoms with Crippen LogP contribution in [-0.2, 0) is 4.79 Å². The molecule has 0 radical (unpaired) electrons. The molecule has 6 nitrogen and oxygen atoms in total. The summed E-state index contributed by atoms with van der Waals surface area (Å²) in [6.07, 6.45) is 0. The Morgan fingerprint density at radius 3 is 2.27 bits per heavy atom. The molecule has 10 heteroatoms. The van der Waals surface area contributed by atoms with E-state index in [1.807, 2.05) is 28.8 Å². The summed E-state index contributed by atoms with van der Waals surface area (Å²) in [5, 5.41) is 13.7. The van der Waals surface area contributed by atoms with Gasteiger partial charge in [-0.2, -0.15) is 0 Å². The van der Waals surface area contributed by atoms with Crippen LogP contribution in [0.3, 0.4) is 0 Å². The normalized spacial score (nSPS) is 10.8. The quantitative estimate of drug-likeness (QED) is 0.277. The topological polar surface area (TPSA) is 69.0 Å². The zero-order valence-corrected chi connectivity index (χ0v) is 20.3. The lowest BCUT2D eigenvalue weighted by Crippen LogP contribution is -2.14. The van der Waals surface area contributed by atoms with Gasteiger partial charge in [0.1, 0.15) is 5.75 Å². The number of carbonyl (C=O) groups excluding carboxylic acids is 1. The largest absolute Gasteiger partial charge is 0.495 e. The van der Waals surface area contributed by atoms with Crippen LogP contribution in [0.2, 0.25) is 15.1 Å². The number of rotatable bonds is 7. The molecule has 0 spiro atoms. The minimum absolute atomic E-state index is 0.121. The van der Waals surface area contributed by atoms with Gasteiger partial charge >= 0.3 is 0 Å². The first-order chi connectivity index (χ1) is 15.9. The first-order valence-corrected chi connectivity index (χ1v) is 11.8. The number of nitrogens with zero attached hydrogens (tertiary/aromatic N) is 3. The van der Waals surface area contributed by atoms with Crippen molar-refractivity contribution in [2.24, 2.45) is 0 Å². The van der Waals surface area contributed by atoms with Crippen molar-refractivity contribution in [2.45, 2.75) is 5.16 Å².